The van der Waals surface area contributed by atoms with E-state index >= 15 is 0 Å². The molecule has 4 rings (SSSR count). The van der Waals surface area contributed by atoms with Gasteiger partial charge in [-0.1, -0.05) is 51.7 Å². The Morgan fingerprint density at radius 2 is 1.49 bits per heavy atom. The molecule has 0 aliphatic carbocycles. The van der Waals surface area contributed by atoms with Gasteiger partial charge >= 0.3 is 12.1 Å². The lowest BCUT2D eigenvalue weighted by molar-refractivity contribution is 0.0592. The summed E-state index contributed by atoms with van der Waals surface area (Å²) < 4.78 is 12.0. The Labute approximate surface area is 231 Å². The van der Waals surface area contributed by atoms with Crippen LogP contribution in [0.25, 0.3) is 0 Å². The molecule has 1 amide bonds. The Morgan fingerprint density at radius 3 is 2.03 bits per heavy atom. The topological polar surface area (TPSA) is 114 Å². The third kappa shape index (κ3) is 6.63. The molecule has 194 valence electrons. The van der Waals surface area contributed by atoms with E-state index in [1.807, 2.05) is 36.4 Å². The minimum absolute atomic E-state index is 0.0254. The number of ether oxygens (including phenoxy) is 3. The van der Waals surface area contributed by atoms with Crippen molar-refractivity contribution in [1.82, 2.24) is 5.32 Å². The third-order valence-electron chi connectivity index (χ3n) is 5.12. The van der Waals surface area contributed by atoms with Crippen LogP contribution in [-0.4, -0.2) is 36.2 Å². The lowest BCUT2D eigenvalue weighted by atomic mass is 10.1. The number of benzene rings is 3. The fraction of sp³-hybridized carbons (Fsp3) is 0.130. The van der Waals surface area contributed by atoms with Crippen LogP contribution in [0, 0.1) is 0 Å². The molecule has 1 saturated heterocycles. The van der Waals surface area contributed by atoms with Crippen LogP contribution in [0.4, 0.5) is 4.79 Å². The highest BCUT2D eigenvalue weighted by Crippen LogP contribution is 3.04. The van der Waals surface area contributed by atoms with Gasteiger partial charge in [0, 0.05) is 17.2 Å². The first-order valence-electron chi connectivity index (χ1n) is 10.6. The fourth-order valence-corrected chi connectivity index (χ4v) is 45.5. The van der Waals surface area contributed by atoms with Crippen molar-refractivity contribution in [3.05, 3.63) is 77.9 Å². The Kier molecular flexibility index (Phi) is 8.78. The molecule has 0 spiro atoms. The van der Waals surface area contributed by atoms with Gasteiger partial charge in [-0.2, -0.15) is 0 Å². The van der Waals surface area contributed by atoms with E-state index in [2.05, 4.69) is 5.32 Å². The minimum atomic E-state index is -1.89. The average molecular weight is 614 g/mol. The van der Waals surface area contributed by atoms with Gasteiger partial charge in [-0.3, -0.25) is 0 Å². The van der Waals surface area contributed by atoms with Crippen molar-refractivity contribution < 1.29 is 34.0 Å². The van der Waals surface area contributed by atoms with Gasteiger partial charge in [0.05, 0.1) is 16.0 Å². The van der Waals surface area contributed by atoms with E-state index in [-0.39, 0.29) is 24.7 Å². The van der Waals surface area contributed by atoms with Crippen molar-refractivity contribution in [1.29, 1.82) is 0 Å². The summed E-state index contributed by atoms with van der Waals surface area (Å²) >= 11 is 15.4. The highest BCUT2D eigenvalue weighted by molar-refractivity contribution is 9.48. The van der Waals surface area contributed by atoms with Crippen LogP contribution in [0.15, 0.2) is 66.7 Å². The van der Waals surface area contributed by atoms with E-state index in [1.54, 1.807) is 41.2 Å². The first-order chi connectivity index (χ1) is 17.6. The summed E-state index contributed by atoms with van der Waals surface area (Å²) in [4.78, 5) is 23.0. The zero-order valence-electron chi connectivity index (χ0n) is 19.2. The fourth-order valence-electron chi connectivity index (χ4n) is 3.21. The van der Waals surface area contributed by atoms with Crippen molar-refractivity contribution in [2.45, 2.75) is 6.54 Å². The zero-order valence-corrected chi connectivity index (χ0v) is 24.3. The third-order valence-corrected chi connectivity index (χ3v) is 36.4. The molecule has 0 unspecified atom stereocenters. The van der Waals surface area contributed by atoms with Crippen molar-refractivity contribution >= 4 is 77.2 Å². The zero-order chi connectivity index (χ0) is 26.6. The molecule has 0 saturated carbocycles. The Bertz CT molecular complexity index is 1400. The van der Waals surface area contributed by atoms with E-state index in [4.69, 9.17) is 42.9 Å². The van der Waals surface area contributed by atoms with Crippen molar-refractivity contribution in [3.63, 3.8) is 0 Å². The first-order valence-corrected chi connectivity index (χ1v) is 20.2. The number of phenols is 1. The molecule has 3 aromatic rings. The quantitative estimate of drug-likeness (QED) is 0.213. The summed E-state index contributed by atoms with van der Waals surface area (Å²) in [7, 11) is 1.63. The Morgan fingerprint density at radius 1 is 0.919 bits per heavy atom. The molecular weight excluding hydrogens is 592 g/mol. The second kappa shape index (κ2) is 11.7. The number of nitrogens with one attached hydrogen (secondary N) is 1. The van der Waals surface area contributed by atoms with Crippen LogP contribution in [0.1, 0.15) is 15.9 Å². The maximum Gasteiger partial charge on any atom is 0.410 e. The Hall–Kier alpha value is -2.20. The van der Waals surface area contributed by atoms with Gasteiger partial charge in [0.25, 0.3) is 0 Å². The molecule has 37 heavy (non-hydrogen) atoms. The maximum absolute atomic E-state index is 11.9. The van der Waals surface area contributed by atoms with Gasteiger partial charge < -0.3 is 29.7 Å². The van der Waals surface area contributed by atoms with Crippen LogP contribution in [0.3, 0.4) is 0 Å². The standard InChI is InChI=1S/C23H21NO7P2S4/c1-29-16-3-7-18(8-4-16)32(34)36-33(35,37-32)19-9-5-17(6-10-19)30-14-31-23(28)24-13-15-2-11-21(25)20(12-15)22(26)27/h2-12,25H,13-14H2,1H3,(H,24,28)(H,26,27). The molecule has 0 aromatic heterocycles. The number of carboxylic acids is 1. The SMILES string of the molecule is COc1ccc(P2(=S)SP(=S)(c3ccc(OCOC(=O)NCc4ccc(O)c(C(=O)O)c4)cc3)S2)cc1. The molecule has 0 radical (unpaired) electrons. The molecule has 14 heteroatoms. The van der Waals surface area contributed by atoms with E-state index in [9.17, 15) is 14.7 Å². The summed E-state index contributed by atoms with van der Waals surface area (Å²) in [5.41, 5.74) is 0.247. The predicted molar refractivity (Wildman–Crippen MR) is 156 cm³/mol. The van der Waals surface area contributed by atoms with Gasteiger partial charge in [0.15, 0.2) is 0 Å². The number of carbonyl (C=O) groups excluding carboxylic acids is 1. The van der Waals surface area contributed by atoms with Crippen LogP contribution in [0.5, 0.6) is 17.2 Å². The monoisotopic (exact) mass is 613 g/mol. The van der Waals surface area contributed by atoms with E-state index in [0.29, 0.717) is 11.3 Å². The molecule has 1 aliphatic heterocycles. The largest absolute Gasteiger partial charge is 0.507 e. The molecule has 0 bridgehead atoms. The molecule has 1 aliphatic rings. The van der Waals surface area contributed by atoms with Gasteiger partial charge in [0.1, 0.15) is 22.8 Å². The summed E-state index contributed by atoms with van der Waals surface area (Å²) in [5, 5.41) is 23.3. The van der Waals surface area contributed by atoms with Crippen LogP contribution >= 0.6 is 30.9 Å². The van der Waals surface area contributed by atoms with E-state index in [0.717, 1.165) is 16.4 Å². The van der Waals surface area contributed by atoms with Crippen LogP contribution in [0.2, 0.25) is 0 Å². The van der Waals surface area contributed by atoms with Crippen LogP contribution < -0.4 is 25.4 Å². The van der Waals surface area contributed by atoms with Crippen LogP contribution in [-0.2, 0) is 34.9 Å². The molecule has 3 aromatic carbocycles. The summed E-state index contributed by atoms with van der Waals surface area (Å²) in [5.74, 6) is -0.293. The number of carbonyl (C=O) groups is 2. The smallest absolute Gasteiger partial charge is 0.410 e. The molecular formula is C23H21NO7P2S4. The predicted octanol–water partition coefficient (Wildman–Crippen LogP) is 5.41. The average Bonchev–Trinajstić information content (AvgIpc) is 2.87. The second-order valence-corrected chi connectivity index (χ2v) is 28.8. The number of amides is 1. The van der Waals surface area contributed by atoms with Gasteiger partial charge in [0.2, 0.25) is 6.79 Å². The highest BCUT2D eigenvalue weighted by atomic mass is 33.7. The second-order valence-electron chi connectivity index (χ2n) is 7.55. The number of aromatic hydroxyl groups is 1. The number of rotatable bonds is 9. The normalized spacial score (nSPS) is 20.4. The minimum Gasteiger partial charge on any atom is -0.507 e. The number of alkyl carbamates (subject to hydrolysis) is 1. The van der Waals surface area contributed by atoms with E-state index in [1.165, 1.54) is 18.2 Å². The molecule has 1 fully saturated rings. The van der Waals surface area contributed by atoms with Crippen molar-refractivity contribution in [2.75, 3.05) is 13.9 Å². The van der Waals surface area contributed by atoms with Gasteiger partial charge in [-0.05, 0) is 66.2 Å². The van der Waals surface area contributed by atoms with Crippen molar-refractivity contribution in [3.8, 4) is 17.2 Å². The molecule has 1 heterocycles. The molecule has 8 nitrogen and oxygen atoms in total. The maximum atomic E-state index is 11.9. The highest BCUT2D eigenvalue weighted by Gasteiger charge is 2.45. The summed E-state index contributed by atoms with van der Waals surface area (Å²) in [6, 6.07) is 19.3. The summed E-state index contributed by atoms with van der Waals surface area (Å²) in [6.07, 6.45) is -0.733. The lowest BCUT2D eigenvalue weighted by Crippen LogP contribution is -2.25. The molecule has 0 atom stereocenters. The lowest BCUT2D eigenvalue weighted by Gasteiger charge is -2.40. The number of aromatic carboxylic acids is 1. The first kappa shape index (κ1) is 27.8. The van der Waals surface area contributed by atoms with Gasteiger partial charge in [-0.15, -0.1) is 0 Å². The van der Waals surface area contributed by atoms with Crippen molar-refractivity contribution in [2.24, 2.45) is 0 Å². The van der Waals surface area contributed by atoms with Gasteiger partial charge in [-0.25, -0.2) is 9.59 Å². The number of hydrogen-bond donors (Lipinski definition) is 3. The van der Waals surface area contributed by atoms with E-state index < -0.39 is 20.9 Å². The number of methoxy groups -OCH3 is 1. The number of carboxylic acid groups (broad SMARTS) is 1. The Balaban J connectivity index is 1.24. The summed E-state index contributed by atoms with van der Waals surface area (Å²) in [6.45, 7) is -0.283. The number of hydrogen-bond acceptors (Lipinski definition) is 10. The molecule has 3 N–H and O–H groups in total.